The number of carbonyl (C=O) groups is 1. The van der Waals surface area contributed by atoms with Gasteiger partial charge in [-0.25, -0.2) is 0 Å². The molecule has 0 saturated heterocycles. The molecule has 1 N–H and O–H groups in total. The molecule has 1 aliphatic carbocycles. The first kappa shape index (κ1) is 15.3. The Bertz CT molecular complexity index is 321. The minimum absolute atomic E-state index is 0.307. The Morgan fingerprint density at radius 1 is 1.28 bits per heavy atom. The van der Waals surface area contributed by atoms with E-state index in [1.165, 1.54) is 5.57 Å². The molecule has 0 unspecified atom stereocenters. The van der Waals surface area contributed by atoms with Gasteiger partial charge < -0.3 is 5.11 Å². The molecule has 0 aromatic heterocycles. The summed E-state index contributed by atoms with van der Waals surface area (Å²) in [6.45, 7) is 10.9. The van der Waals surface area contributed by atoms with Crippen LogP contribution in [-0.4, -0.2) is 11.1 Å². The molecule has 0 radical (unpaired) electrons. The SMILES string of the molecule is CC(C)=CCC1(C(=O)O)CCC(C(C)(C)C)CC1. The third-order valence-corrected chi connectivity index (χ3v) is 4.52. The molecule has 0 aromatic rings. The van der Waals surface area contributed by atoms with E-state index in [-0.39, 0.29) is 0 Å². The number of aliphatic carboxylic acids is 1. The fourth-order valence-electron chi connectivity index (χ4n) is 2.94. The maximum absolute atomic E-state index is 11.6. The summed E-state index contributed by atoms with van der Waals surface area (Å²) in [6.07, 6.45) is 6.54. The summed E-state index contributed by atoms with van der Waals surface area (Å²) in [5, 5.41) is 9.56. The van der Waals surface area contributed by atoms with Gasteiger partial charge in [-0.05, 0) is 57.3 Å². The van der Waals surface area contributed by atoms with Crippen LogP contribution < -0.4 is 0 Å². The summed E-state index contributed by atoms with van der Waals surface area (Å²) in [7, 11) is 0. The van der Waals surface area contributed by atoms with Crippen molar-refractivity contribution < 1.29 is 9.90 Å². The number of rotatable bonds is 3. The predicted octanol–water partition coefficient (Wildman–Crippen LogP) is 4.65. The maximum atomic E-state index is 11.6. The molecule has 0 spiro atoms. The van der Waals surface area contributed by atoms with Crippen LogP contribution in [0.5, 0.6) is 0 Å². The summed E-state index contributed by atoms with van der Waals surface area (Å²) in [6, 6.07) is 0. The molecule has 0 atom stereocenters. The zero-order valence-corrected chi connectivity index (χ0v) is 12.5. The van der Waals surface area contributed by atoms with Gasteiger partial charge >= 0.3 is 5.97 Å². The second-order valence-electron chi connectivity index (χ2n) is 7.21. The molecule has 1 rings (SSSR count). The average Bonchev–Trinajstić information content (AvgIpc) is 2.25. The van der Waals surface area contributed by atoms with Crippen LogP contribution >= 0.6 is 0 Å². The Hall–Kier alpha value is -0.790. The highest BCUT2D eigenvalue weighted by atomic mass is 16.4. The van der Waals surface area contributed by atoms with E-state index < -0.39 is 11.4 Å². The van der Waals surface area contributed by atoms with Crippen molar-refractivity contribution in [2.45, 2.75) is 66.7 Å². The lowest BCUT2D eigenvalue weighted by Gasteiger charge is -2.41. The van der Waals surface area contributed by atoms with Crippen LogP contribution in [0.4, 0.5) is 0 Å². The second kappa shape index (κ2) is 5.46. The van der Waals surface area contributed by atoms with Gasteiger partial charge in [-0.15, -0.1) is 0 Å². The predicted molar refractivity (Wildman–Crippen MR) is 75.5 cm³/mol. The molecule has 0 bridgehead atoms. The molecule has 0 aliphatic heterocycles. The van der Waals surface area contributed by atoms with E-state index in [0.717, 1.165) is 25.7 Å². The van der Waals surface area contributed by atoms with E-state index in [9.17, 15) is 9.90 Å². The van der Waals surface area contributed by atoms with E-state index in [2.05, 4.69) is 26.8 Å². The van der Waals surface area contributed by atoms with Crippen molar-refractivity contribution in [1.82, 2.24) is 0 Å². The van der Waals surface area contributed by atoms with Crippen molar-refractivity contribution in [2.24, 2.45) is 16.7 Å². The van der Waals surface area contributed by atoms with Crippen molar-refractivity contribution >= 4 is 5.97 Å². The summed E-state index contributed by atoms with van der Waals surface area (Å²) >= 11 is 0. The summed E-state index contributed by atoms with van der Waals surface area (Å²) in [5.41, 5.74) is 1.02. The molecule has 2 nitrogen and oxygen atoms in total. The third kappa shape index (κ3) is 3.60. The van der Waals surface area contributed by atoms with E-state index in [1.807, 2.05) is 13.8 Å². The summed E-state index contributed by atoms with van der Waals surface area (Å²) in [5.74, 6) is 0.0593. The van der Waals surface area contributed by atoms with Crippen molar-refractivity contribution in [3.8, 4) is 0 Å². The monoisotopic (exact) mass is 252 g/mol. The van der Waals surface area contributed by atoms with Crippen LogP contribution in [0, 0.1) is 16.7 Å². The van der Waals surface area contributed by atoms with Crippen LogP contribution in [0.1, 0.15) is 66.7 Å². The van der Waals surface area contributed by atoms with Gasteiger partial charge in [-0.3, -0.25) is 4.79 Å². The lowest BCUT2D eigenvalue weighted by Crippen LogP contribution is -2.38. The lowest BCUT2D eigenvalue weighted by molar-refractivity contribution is -0.152. The molecular formula is C16H28O2. The number of carboxylic acids is 1. The van der Waals surface area contributed by atoms with E-state index >= 15 is 0 Å². The molecule has 0 heterocycles. The van der Waals surface area contributed by atoms with Crippen LogP contribution in [0.25, 0.3) is 0 Å². The van der Waals surface area contributed by atoms with Gasteiger partial charge in [-0.1, -0.05) is 32.4 Å². The molecule has 1 fully saturated rings. The molecule has 0 aromatic carbocycles. The molecule has 18 heavy (non-hydrogen) atoms. The third-order valence-electron chi connectivity index (χ3n) is 4.52. The van der Waals surface area contributed by atoms with Crippen molar-refractivity contribution in [3.63, 3.8) is 0 Å². The van der Waals surface area contributed by atoms with Gasteiger partial charge in [0.1, 0.15) is 0 Å². The Morgan fingerprint density at radius 2 is 1.78 bits per heavy atom. The zero-order valence-electron chi connectivity index (χ0n) is 12.5. The highest BCUT2D eigenvalue weighted by Gasteiger charge is 2.43. The number of carboxylic acid groups (broad SMARTS) is 1. The van der Waals surface area contributed by atoms with E-state index in [0.29, 0.717) is 17.8 Å². The first-order valence-electron chi connectivity index (χ1n) is 7.04. The van der Waals surface area contributed by atoms with Crippen molar-refractivity contribution in [2.75, 3.05) is 0 Å². The van der Waals surface area contributed by atoms with Gasteiger partial charge in [-0.2, -0.15) is 0 Å². The maximum Gasteiger partial charge on any atom is 0.309 e. The Balaban J connectivity index is 2.75. The number of hydrogen-bond acceptors (Lipinski definition) is 1. The summed E-state index contributed by atoms with van der Waals surface area (Å²) in [4.78, 5) is 11.6. The Labute approximate surface area is 111 Å². The standard InChI is InChI=1S/C16H28O2/c1-12(2)6-9-16(14(17)18)10-7-13(8-11-16)15(3,4)5/h6,13H,7-11H2,1-5H3,(H,17,18). The second-order valence-corrected chi connectivity index (χ2v) is 7.21. The molecule has 0 amide bonds. The molecule has 104 valence electrons. The topological polar surface area (TPSA) is 37.3 Å². The summed E-state index contributed by atoms with van der Waals surface area (Å²) < 4.78 is 0. The Kier molecular flexibility index (Phi) is 4.63. The first-order valence-corrected chi connectivity index (χ1v) is 7.04. The quantitative estimate of drug-likeness (QED) is 0.742. The average molecular weight is 252 g/mol. The molecule has 2 heteroatoms. The van der Waals surface area contributed by atoms with Gasteiger partial charge in [0.25, 0.3) is 0 Å². The number of hydrogen-bond donors (Lipinski definition) is 1. The minimum Gasteiger partial charge on any atom is -0.481 e. The van der Waals surface area contributed by atoms with Crippen molar-refractivity contribution in [3.05, 3.63) is 11.6 Å². The molecule has 1 saturated carbocycles. The van der Waals surface area contributed by atoms with Crippen LogP contribution in [-0.2, 0) is 4.79 Å². The zero-order chi connectivity index (χ0) is 14.0. The van der Waals surface area contributed by atoms with Crippen LogP contribution in [0.3, 0.4) is 0 Å². The van der Waals surface area contributed by atoms with Crippen molar-refractivity contribution in [1.29, 1.82) is 0 Å². The van der Waals surface area contributed by atoms with Gasteiger partial charge in [0.15, 0.2) is 0 Å². The van der Waals surface area contributed by atoms with E-state index in [4.69, 9.17) is 0 Å². The molecule has 1 aliphatic rings. The first-order chi connectivity index (χ1) is 8.17. The lowest BCUT2D eigenvalue weighted by atomic mass is 9.63. The van der Waals surface area contributed by atoms with Gasteiger partial charge in [0.2, 0.25) is 0 Å². The highest BCUT2D eigenvalue weighted by molar-refractivity contribution is 5.75. The number of allylic oxidation sites excluding steroid dienone is 2. The van der Waals surface area contributed by atoms with Gasteiger partial charge in [0, 0.05) is 0 Å². The van der Waals surface area contributed by atoms with E-state index in [1.54, 1.807) is 0 Å². The molecular weight excluding hydrogens is 224 g/mol. The largest absolute Gasteiger partial charge is 0.481 e. The van der Waals surface area contributed by atoms with Gasteiger partial charge in [0.05, 0.1) is 5.41 Å². The minimum atomic E-state index is -0.604. The highest BCUT2D eigenvalue weighted by Crippen LogP contribution is 2.47. The smallest absolute Gasteiger partial charge is 0.309 e. The van der Waals surface area contributed by atoms with Crippen LogP contribution in [0.15, 0.2) is 11.6 Å². The fraction of sp³-hybridized carbons (Fsp3) is 0.812. The Morgan fingerprint density at radius 3 is 2.11 bits per heavy atom. The van der Waals surface area contributed by atoms with Crippen LogP contribution in [0.2, 0.25) is 0 Å². The normalized spacial score (nSPS) is 28.8. The fourth-order valence-corrected chi connectivity index (χ4v) is 2.94.